The number of nitrogens with one attached hydrogen (secondary N) is 1. The van der Waals surface area contributed by atoms with E-state index in [0.717, 1.165) is 23.4 Å². The molecule has 1 amide bonds. The molecule has 5 heteroatoms. The van der Waals surface area contributed by atoms with Crippen LogP contribution in [-0.4, -0.2) is 10.5 Å². The minimum absolute atomic E-state index is 0.112. The molecule has 0 aliphatic heterocycles. The molecule has 0 spiro atoms. The number of carbonyl (C=O) groups is 1. The van der Waals surface area contributed by atoms with E-state index in [0.29, 0.717) is 23.7 Å². The first-order chi connectivity index (χ1) is 12.6. The van der Waals surface area contributed by atoms with Gasteiger partial charge in [0.2, 0.25) is 0 Å². The summed E-state index contributed by atoms with van der Waals surface area (Å²) in [5.41, 5.74) is 10.3. The summed E-state index contributed by atoms with van der Waals surface area (Å²) in [6, 6.07) is 17.7. The van der Waals surface area contributed by atoms with E-state index in [1.807, 2.05) is 55.6 Å². The van der Waals surface area contributed by atoms with Crippen molar-refractivity contribution < 1.29 is 4.79 Å². The number of nitrogens with zero attached hydrogens (tertiary/aromatic N) is 1. The van der Waals surface area contributed by atoms with E-state index in [1.165, 1.54) is 5.56 Å². The summed E-state index contributed by atoms with van der Waals surface area (Å²) in [6.07, 6.45) is 1.89. The van der Waals surface area contributed by atoms with Gasteiger partial charge in [0.15, 0.2) is 0 Å². The van der Waals surface area contributed by atoms with Crippen molar-refractivity contribution >= 4 is 17.5 Å². The highest BCUT2D eigenvalue weighted by Crippen LogP contribution is 2.18. The Morgan fingerprint density at radius 2 is 1.88 bits per heavy atom. The highest BCUT2D eigenvalue weighted by molar-refractivity contribution is 6.31. The van der Waals surface area contributed by atoms with Gasteiger partial charge in [0.25, 0.3) is 5.91 Å². The molecule has 134 valence electrons. The summed E-state index contributed by atoms with van der Waals surface area (Å²) in [6.45, 7) is 3.57. The van der Waals surface area contributed by atoms with Crippen LogP contribution in [-0.2, 0) is 19.6 Å². The predicted molar refractivity (Wildman–Crippen MR) is 105 cm³/mol. The molecule has 0 radical (unpaired) electrons. The zero-order valence-corrected chi connectivity index (χ0v) is 15.5. The molecule has 0 saturated carbocycles. The number of benzene rings is 2. The van der Waals surface area contributed by atoms with Gasteiger partial charge in [0.1, 0.15) is 0 Å². The molecule has 3 aromatic rings. The maximum Gasteiger partial charge on any atom is 0.253 e. The Balaban J connectivity index is 1.66. The topological polar surface area (TPSA) is 60.1 Å². The summed E-state index contributed by atoms with van der Waals surface area (Å²) < 4.78 is 2.08. The maximum atomic E-state index is 12.5. The predicted octanol–water partition coefficient (Wildman–Crippen LogP) is 3.89. The average molecular weight is 368 g/mol. The summed E-state index contributed by atoms with van der Waals surface area (Å²) in [7, 11) is 0. The lowest BCUT2D eigenvalue weighted by molar-refractivity contribution is 0.0951. The molecule has 0 aliphatic carbocycles. The third-order valence-corrected chi connectivity index (χ3v) is 4.71. The number of amides is 1. The van der Waals surface area contributed by atoms with Gasteiger partial charge in [-0.2, -0.15) is 0 Å². The fourth-order valence-electron chi connectivity index (χ4n) is 2.83. The minimum atomic E-state index is -0.112. The number of halogens is 1. The standard InChI is InChI=1S/C21H22ClN3O/c1-15-9-19(14-25(15)13-16-5-3-2-4-6-16)21(26)24-12-18-8-7-17(11-23)10-20(18)22/h2-10,14H,11-13,23H2,1H3,(H,24,26). The first-order valence-corrected chi connectivity index (χ1v) is 8.91. The highest BCUT2D eigenvalue weighted by Gasteiger charge is 2.11. The third-order valence-electron chi connectivity index (χ3n) is 4.36. The van der Waals surface area contributed by atoms with Gasteiger partial charge in [-0.25, -0.2) is 0 Å². The molecule has 1 heterocycles. The van der Waals surface area contributed by atoms with Crippen molar-refractivity contribution in [2.75, 3.05) is 0 Å². The molecule has 1 aromatic heterocycles. The van der Waals surface area contributed by atoms with E-state index in [-0.39, 0.29) is 5.91 Å². The SMILES string of the molecule is Cc1cc(C(=O)NCc2ccc(CN)cc2Cl)cn1Cc1ccccc1. The highest BCUT2D eigenvalue weighted by atomic mass is 35.5. The van der Waals surface area contributed by atoms with Gasteiger partial charge >= 0.3 is 0 Å². The Morgan fingerprint density at radius 1 is 1.12 bits per heavy atom. The van der Waals surface area contributed by atoms with E-state index in [2.05, 4.69) is 22.0 Å². The summed E-state index contributed by atoms with van der Waals surface area (Å²) in [5, 5.41) is 3.55. The Bertz CT molecular complexity index is 903. The molecule has 0 aliphatic rings. The van der Waals surface area contributed by atoms with Crippen molar-refractivity contribution in [3.05, 3.63) is 93.8 Å². The van der Waals surface area contributed by atoms with Crippen molar-refractivity contribution in [3.63, 3.8) is 0 Å². The quantitative estimate of drug-likeness (QED) is 0.694. The van der Waals surface area contributed by atoms with Gasteiger partial charge < -0.3 is 15.6 Å². The first-order valence-electron chi connectivity index (χ1n) is 8.53. The third kappa shape index (κ3) is 4.34. The normalized spacial score (nSPS) is 10.7. The zero-order chi connectivity index (χ0) is 18.5. The van der Waals surface area contributed by atoms with Crippen molar-refractivity contribution in [2.24, 2.45) is 5.73 Å². The number of hydrogen-bond donors (Lipinski definition) is 2. The molecule has 4 nitrogen and oxygen atoms in total. The van der Waals surface area contributed by atoms with Gasteiger partial charge in [-0.05, 0) is 35.7 Å². The first kappa shape index (κ1) is 18.2. The second-order valence-corrected chi connectivity index (χ2v) is 6.70. The molecular weight excluding hydrogens is 346 g/mol. The van der Waals surface area contributed by atoms with Crippen molar-refractivity contribution in [1.29, 1.82) is 0 Å². The average Bonchev–Trinajstić information content (AvgIpc) is 3.02. The molecule has 0 saturated heterocycles. The molecular formula is C21H22ClN3O. The maximum absolute atomic E-state index is 12.5. The molecule has 3 N–H and O–H groups in total. The van der Waals surface area contributed by atoms with Gasteiger partial charge in [0, 0.05) is 36.5 Å². The van der Waals surface area contributed by atoms with E-state index in [9.17, 15) is 4.79 Å². The van der Waals surface area contributed by atoms with Gasteiger partial charge in [-0.3, -0.25) is 4.79 Å². The zero-order valence-electron chi connectivity index (χ0n) is 14.7. The van der Waals surface area contributed by atoms with Gasteiger partial charge in [0.05, 0.1) is 5.56 Å². The Labute approximate surface area is 158 Å². The lowest BCUT2D eigenvalue weighted by Gasteiger charge is -2.08. The second kappa shape index (κ2) is 8.21. The van der Waals surface area contributed by atoms with Crippen LogP contribution in [0, 0.1) is 6.92 Å². The summed E-state index contributed by atoms with van der Waals surface area (Å²) in [5.74, 6) is -0.112. The number of carbonyl (C=O) groups excluding carboxylic acids is 1. The van der Waals surface area contributed by atoms with Crippen LogP contribution < -0.4 is 11.1 Å². The Kier molecular flexibility index (Phi) is 5.76. The largest absolute Gasteiger partial charge is 0.348 e. The number of nitrogens with two attached hydrogens (primary N) is 1. The number of hydrogen-bond acceptors (Lipinski definition) is 2. The van der Waals surface area contributed by atoms with Crippen molar-refractivity contribution in [2.45, 2.75) is 26.6 Å². The number of rotatable bonds is 6. The van der Waals surface area contributed by atoms with Crippen LogP contribution >= 0.6 is 11.6 Å². The Morgan fingerprint density at radius 3 is 2.58 bits per heavy atom. The van der Waals surface area contributed by atoms with Crippen LogP contribution in [0.4, 0.5) is 0 Å². The Hall–Kier alpha value is -2.56. The molecule has 0 fully saturated rings. The van der Waals surface area contributed by atoms with Crippen LogP contribution in [0.3, 0.4) is 0 Å². The molecule has 0 atom stereocenters. The van der Waals surface area contributed by atoms with E-state index in [1.54, 1.807) is 0 Å². The minimum Gasteiger partial charge on any atom is -0.348 e. The van der Waals surface area contributed by atoms with E-state index >= 15 is 0 Å². The van der Waals surface area contributed by atoms with Gasteiger partial charge in [-0.1, -0.05) is 54.1 Å². The van der Waals surface area contributed by atoms with Crippen LogP contribution in [0.1, 0.15) is 32.7 Å². The van der Waals surface area contributed by atoms with Crippen LogP contribution in [0.15, 0.2) is 60.8 Å². The number of aryl methyl sites for hydroxylation is 1. The van der Waals surface area contributed by atoms with Gasteiger partial charge in [-0.15, -0.1) is 0 Å². The lowest BCUT2D eigenvalue weighted by Crippen LogP contribution is -2.22. The van der Waals surface area contributed by atoms with Crippen LogP contribution in [0.5, 0.6) is 0 Å². The van der Waals surface area contributed by atoms with E-state index < -0.39 is 0 Å². The fourth-order valence-corrected chi connectivity index (χ4v) is 3.10. The summed E-state index contributed by atoms with van der Waals surface area (Å²) in [4.78, 5) is 12.5. The van der Waals surface area contributed by atoms with E-state index in [4.69, 9.17) is 17.3 Å². The second-order valence-electron chi connectivity index (χ2n) is 6.30. The monoisotopic (exact) mass is 367 g/mol. The molecule has 0 unspecified atom stereocenters. The molecule has 2 aromatic carbocycles. The van der Waals surface area contributed by atoms with Crippen LogP contribution in [0.2, 0.25) is 5.02 Å². The summed E-state index contributed by atoms with van der Waals surface area (Å²) >= 11 is 6.25. The van der Waals surface area contributed by atoms with Crippen molar-refractivity contribution in [3.8, 4) is 0 Å². The van der Waals surface area contributed by atoms with Crippen molar-refractivity contribution in [1.82, 2.24) is 9.88 Å². The molecule has 3 rings (SSSR count). The molecule has 26 heavy (non-hydrogen) atoms. The number of aromatic nitrogens is 1. The smallest absolute Gasteiger partial charge is 0.253 e. The lowest BCUT2D eigenvalue weighted by atomic mass is 10.1. The molecule has 0 bridgehead atoms. The van der Waals surface area contributed by atoms with Crippen LogP contribution in [0.25, 0.3) is 0 Å². The fraction of sp³-hybridized carbons (Fsp3) is 0.190.